The molecule has 0 aliphatic carbocycles. The van der Waals surface area contributed by atoms with Crippen LogP contribution in [0.15, 0.2) is 5.38 Å². The molecule has 1 atom stereocenters. The van der Waals surface area contributed by atoms with Crippen LogP contribution in [0, 0.1) is 0 Å². The third-order valence-electron chi connectivity index (χ3n) is 3.61. The quantitative estimate of drug-likeness (QED) is 0.851. The third-order valence-corrected chi connectivity index (χ3v) is 4.37. The number of hydrogen-bond acceptors (Lipinski definition) is 6. The van der Waals surface area contributed by atoms with Crippen LogP contribution in [-0.4, -0.2) is 46.4 Å². The van der Waals surface area contributed by atoms with E-state index in [2.05, 4.69) is 10.3 Å². The molecule has 22 heavy (non-hydrogen) atoms. The van der Waals surface area contributed by atoms with Gasteiger partial charge in [-0.25, -0.2) is 9.78 Å². The largest absolute Gasteiger partial charge is 0.464 e. The van der Waals surface area contributed by atoms with Crippen molar-refractivity contribution >= 4 is 34.3 Å². The number of amides is 2. The Kier molecular flexibility index (Phi) is 4.80. The van der Waals surface area contributed by atoms with Gasteiger partial charge in [0.25, 0.3) is 5.91 Å². The summed E-state index contributed by atoms with van der Waals surface area (Å²) in [6.45, 7) is 5.60. The van der Waals surface area contributed by atoms with Crippen molar-refractivity contribution in [1.82, 2.24) is 9.88 Å². The molecule has 1 aliphatic heterocycles. The second-order valence-corrected chi connectivity index (χ2v) is 6.13. The Morgan fingerprint density at radius 3 is 2.86 bits per heavy atom. The molecule has 0 radical (unpaired) electrons. The topological polar surface area (TPSA) is 88.6 Å². The molecule has 2 amide bonds. The van der Waals surface area contributed by atoms with Gasteiger partial charge in [-0.2, -0.15) is 0 Å². The fraction of sp³-hybridized carbons (Fsp3) is 0.571. The third kappa shape index (κ3) is 3.11. The normalized spacial score (nSPS) is 20.8. The zero-order valence-electron chi connectivity index (χ0n) is 12.8. The Bertz CT molecular complexity index is 601. The Labute approximate surface area is 132 Å². The molecule has 0 spiro atoms. The number of rotatable bonds is 4. The van der Waals surface area contributed by atoms with Crippen LogP contribution in [0.4, 0.5) is 5.13 Å². The lowest BCUT2D eigenvalue weighted by Gasteiger charge is -2.32. The van der Waals surface area contributed by atoms with Gasteiger partial charge < -0.3 is 15.0 Å². The highest BCUT2D eigenvalue weighted by atomic mass is 32.1. The summed E-state index contributed by atoms with van der Waals surface area (Å²) in [5.41, 5.74) is -0.726. The van der Waals surface area contributed by atoms with Gasteiger partial charge in [-0.3, -0.25) is 9.59 Å². The zero-order chi connectivity index (χ0) is 16.3. The van der Waals surface area contributed by atoms with Gasteiger partial charge in [0.15, 0.2) is 5.13 Å². The summed E-state index contributed by atoms with van der Waals surface area (Å²) in [4.78, 5) is 41.4. The number of thiazole rings is 1. The molecule has 1 aromatic rings. The first kappa shape index (κ1) is 16.4. The highest BCUT2D eigenvalue weighted by molar-refractivity contribution is 7.14. The molecular formula is C14H19N3O4S. The Morgan fingerprint density at radius 1 is 1.50 bits per heavy atom. The van der Waals surface area contributed by atoms with Gasteiger partial charge in [0.2, 0.25) is 5.91 Å². The minimum absolute atomic E-state index is 0.228. The average molecular weight is 325 g/mol. The molecule has 1 aliphatic rings. The Balaban J connectivity index is 2.19. The Hall–Kier alpha value is -1.96. The molecule has 2 rings (SSSR count). The van der Waals surface area contributed by atoms with Crippen molar-refractivity contribution in [2.45, 2.75) is 39.2 Å². The molecule has 0 unspecified atom stereocenters. The smallest absolute Gasteiger partial charge is 0.331 e. The summed E-state index contributed by atoms with van der Waals surface area (Å²) < 4.78 is 5.10. The van der Waals surface area contributed by atoms with Gasteiger partial charge in [-0.1, -0.05) is 0 Å². The monoisotopic (exact) mass is 325 g/mol. The van der Waals surface area contributed by atoms with Crippen LogP contribution >= 0.6 is 11.3 Å². The van der Waals surface area contributed by atoms with Crippen molar-refractivity contribution < 1.29 is 19.1 Å². The number of esters is 1. The number of nitrogens with zero attached hydrogens (tertiary/aromatic N) is 2. The van der Waals surface area contributed by atoms with E-state index < -0.39 is 11.5 Å². The number of hydrogen-bond donors (Lipinski definition) is 1. The lowest BCUT2D eigenvalue weighted by Crippen LogP contribution is -2.51. The average Bonchev–Trinajstić information content (AvgIpc) is 3.05. The van der Waals surface area contributed by atoms with Crippen LogP contribution in [0.2, 0.25) is 0 Å². The number of ether oxygens (including phenoxy) is 1. The van der Waals surface area contributed by atoms with E-state index in [4.69, 9.17) is 4.74 Å². The van der Waals surface area contributed by atoms with Crippen molar-refractivity contribution in [3.05, 3.63) is 11.1 Å². The molecule has 1 aromatic heterocycles. The van der Waals surface area contributed by atoms with Crippen LogP contribution in [0.5, 0.6) is 0 Å². The predicted octanol–water partition coefficient (Wildman–Crippen LogP) is 1.66. The van der Waals surface area contributed by atoms with Crippen molar-refractivity contribution in [2.24, 2.45) is 0 Å². The highest BCUT2D eigenvalue weighted by Crippen LogP contribution is 2.32. The summed E-state index contributed by atoms with van der Waals surface area (Å²) in [5, 5.41) is 4.49. The lowest BCUT2D eigenvalue weighted by atomic mass is 9.99. The Morgan fingerprint density at radius 2 is 2.23 bits per heavy atom. The number of anilines is 1. The molecule has 1 fully saturated rings. The van der Waals surface area contributed by atoms with E-state index in [-0.39, 0.29) is 24.1 Å². The van der Waals surface area contributed by atoms with E-state index in [0.29, 0.717) is 18.1 Å². The molecule has 1 N–H and O–H groups in total. The van der Waals surface area contributed by atoms with Crippen molar-refractivity contribution in [2.75, 3.05) is 18.5 Å². The van der Waals surface area contributed by atoms with Crippen molar-refractivity contribution in [3.8, 4) is 0 Å². The van der Waals surface area contributed by atoms with Gasteiger partial charge >= 0.3 is 5.97 Å². The van der Waals surface area contributed by atoms with Gasteiger partial charge in [0.05, 0.1) is 6.61 Å². The molecule has 120 valence electrons. The van der Waals surface area contributed by atoms with Gasteiger partial charge in [-0.15, -0.1) is 11.3 Å². The van der Waals surface area contributed by atoms with E-state index in [1.165, 1.54) is 23.2 Å². The molecule has 0 bridgehead atoms. The molecule has 0 saturated carbocycles. The van der Waals surface area contributed by atoms with Crippen LogP contribution in [0.3, 0.4) is 0 Å². The summed E-state index contributed by atoms with van der Waals surface area (Å²) >= 11 is 1.18. The van der Waals surface area contributed by atoms with Crippen LogP contribution in [0.25, 0.3) is 0 Å². The van der Waals surface area contributed by atoms with Crippen LogP contribution < -0.4 is 5.32 Å². The molecule has 8 heteroatoms. The maximum Gasteiger partial charge on any atom is 0.331 e. The SMILES string of the molecule is CCOC(=O)[C@]1(C)CCCN1C(=O)c1csc(NC(C)=O)n1. The van der Waals surface area contributed by atoms with E-state index in [1.54, 1.807) is 19.2 Å². The van der Waals surface area contributed by atoms with Gasteiger partial charge in [0, 0.05) is 18.8 Å². The van der Waals surface area contributed by atoms with E-state index in [9.17, 15) is 14.4 Å². The number of carbonyl (C=O) groups is 3. The summed E-state index contributed by atoms with van der Waals surface area (Å²) in [7, 11) is 0. The number of aromatic nitrogens is 1. The maximum atomic E-state index is 12.6. The fourth-order valence-corrected chi connectivity index (χ4v) is 3.24. The van der Waals surface area contributed by atoms with E-state index >= 15 is 0 Å². The molecule has 7 nitrogen and oxygen atoms in total. The van der Waals surface area contributed by atoms with Crippen LogP contribution in [-0.2, 0) is 14.3 Å². The first-order chi connectivity index (χ1) is 10.4. The molecule has 1 saturated heterocycles. The van der Waals surface area contributed by atoms with Crippen molar-refractivity contribution in [3.63, 3.8) is 0 Å². The number of likely N-dealkylation sites (tertiary alicyclic amines) is 1. The minimum atomic E-state index is -0.953. The standard InChI is InChI=1S/C14H19N3O4S/c1-4-21-12(20)14(3)6-5-7-17(14)11(19)10-8-22-13(16-10)15-9(2)18/h8H,4-7H2,1-3H3,(H,15,16,18)/t14-/m0/s1. The number of nitrogens with one attached hydrogen (secondary N) is 1. The minimum Gasteiger partial charge on any atom is -0.464 e. The second-order valence-electron chi connectivity index (χ2n) is 5.27. The van der Waals surface area contributed by atoms with E-state index in [1.807, 2.05) is 0 Å². The zero-order valence-corrected chi connectivity index (χ0v) is 13.7. The first-order valence-electron chi connectivity index (χ1n) is 7.10. The summed E-state index contributed by atoms with van der Waals surface area (Å²) in [5.74, 6) is -0.954. The fourth-order valence-electron chi connectivity index (χ4n) is 2.51. The molecule has 2 heterocycles. The second kappa shape index (κ2) is 6.43. The number of carbonyl (C=O) groups excluding carboxylic acids is 3. The van der Waals surface area contributed by atoms with Gasteiger partial charge in [0.1, 0.15) is 11.2 Å². The summed E-state index contributed by atoms with van der Waals surface area (Å²) in [6.07, 6.45) is 1.31. The first-order valence-corrected chi connectivity index (χ1v) is 7.98. The molecular weight excluding hydrogens is 306 g/mol. The maximum absolute atomic E-state index is 12.6. The van der Waals surface area contributed by atoms with Gasteiger partial charge in [-0.05, 0) is 26.7 Å². The predicted molar refractivity (Wildman–Crippen MR) is 81.7 cm³/mol. The molecule has 0 aromatic carbocycles. The lowest BCUT2D eigenvalue weighted by molar-refractivity contribution is -0.153. The highest BCUT2D eigenvalue weighted by Gasteiger charge is 2.47. The van der Waals surface area contributed by atoms with Crippen LogP contribution in [0.1, 0.15) is 44.1 Å². The van der Waals surface area contributed by atoms with E-state index in [0.717, 1.165) is 6.42 Å². The summed E-state index contributed by atoms with van der Waals surface area (Å²) in [6, 6.07) is 0. The van der Waals surface area contributed by atoms with Crippen molar-refractivity contribution in [1.29, 1.82) is 0 Å².